The van der Waals surface area contributed by atoms with E-state index in [1.165, 1.54) is 16.4 Å². The molecule has 2 aromatic rings. The average Bonchev–Trinajstić information content (AvgIpc) is 2.91. The number of amides is 3. The summed E-state index contributed by atoms with van der Waals surface area (Å²) in [6.07, 6.45) is -3.98. The lowest BCUT2D eigenvalue weighted by atomic mass is 10.0. The standard InChI is InChI=1S/C25H26ClF4N5O6S/c26-19-10-16(3-4-20(19)27)35(11-15-2-1-14(9-21(15)28)23(36)31-32-24(37)22(29)30)42(40,41)18-5-7-33(8-6-18)17-12-34(13-17)25(38)39/h1-4,9-10,17-18,22H,5-8,11-13H2,(H,31,36)(H,32,37)(H,38,39). The molecule has 2 aromatic carbocycles. The highest BCUT2D eigenvalue weighted by Crippen LogP contribution is 2.32. The van der Waals surface area contributed by atoms with Crippen LogP contribution in [-0.4, -0.2) is 85.1 Å². The number of halogens is 5. The first-order chi connectivity index (χ1) is 19.8. The Kier molecular flexibility index (Phi) is 9.47. The largest absolute Gasteiger partial charge is 0.465 e. The Bertz CT molecular complexity index is 1470. The van der Waals surface area contributed by atoms with E-state index in [4.69, 9.17) is 16.7 Å². The number of sulfonamides is 1. The zero-order chi connectivity index (χ0) is 30.8. The van der Waals surface area contributed by atoms with Gasteiger partial charge in [0.25, 0.3) is 5.91 Å². The number of carbonyl (C=O) groups is 3. The molecule has 17 heteroatoms. The summed E-state index contributed by atoms with van der Waals surface area (Å²) in [4.78, 5) is 37.4. The molecular formula is C25H26ClF4N5O6S. The number of anilines is 1. The second-order valence-corrected chi connectivity index (χ2v) is 12.3. The molecule has 4 rings (SSSR count). The van der Waals surface area contributed by atoms with Crippen molar-refractivity contribution in [3.63, 3.8) is 0 Å². The van der Waals surface area contributed by atoms with Gasteiger partial charge in [-0.15, -0.1) is 0 Å². The third-order valence-corrected chi connectivity index (χ3v) is 9.73. The number of hydrogen-bond donors (Lipinski definition) is 3. The van der Waals surface area contributed by atoms with E-state index < -0.39 is 57.8 Å². The first-order valence-corrected chi connectivity index (χ1v) is 14.5. The number of likely N-dealkylation sites (tertiary alicyclic amines) is 2. The Labute approximate surface area is 243 Å². The van der Waals surface area contributed by atoms with Crippen LogP contribution in [-0.2, 0) is 21.4 Å². The number of alkyl halides is 2. The summed E-state index contributed by atoms with van der Waals surface area (Å²) in [7, 11) is -4.18. The zero-order valence-corrected chi connectivity index (χ0v) is 23.3. The molecule has 0 aliphatic carbocycles. The van der Waals surface area contributed by atoms with Crippen molar-refractivity contribution in [3.8, 4) is 0 Å². The molecule has 0 bridgehead atoms. The van der Waals surface area contributed by atoms with E-state index in [-0.39, 0.29) is 40.7 Å². The molecule has 0 unspecified atom stereocenters. The summed E-state index contributed by atoms with van der Waals surface area (Å²) in [5, 5.41) is 7.81. The maximum atomic E-state index is 15.1. The van der Waals surface area contributed by atoms with Gasteiger partial charge in [-0.1, -0.05) is 17.7 Å². The van der Waals surface area contributed by atoms with Gasteiger partial charge in [-0.25, -0.2) is 22.0 Å². The number of benzene rings is 2. The predicted octanol–water partition coefficient (Wildman–Crippen LogP) is 2.81. The number of carbonyl (C=O) groups excluding carboxylic acids is 2. The molecule has 0 atom stereocenters. The van der Waals surface area contributed by atoms with Crippen LogP contribution in [0.1, 0.15) is 28.8 Å². The number of carboxylic acid groups (broad SMARTS) is 1. The quantitative estimate of drug-likeness (QED) is 0.299. The van der Waals surface area contributed by atoms with Gasteiger partial charge >= 0.3 is 18.4 Å². The van der Waals surface area contributed by atoms with Crippen LogP contribution in [0.4, 0.5) is 28.0 Å². The molecule has 2 aliphatic rings. The Morgan fingerprint density at radius 3 is 2.26 bits per heavy atom. The van der Waals surface area contributed by atoms with Crippen molar-refractivity contribution in [1.29, 1.82) is 0 Å². The van der Waals surface area contributed by atoms with Crippen LogP contribution >= 0.6 is 11.6 Å². The number of nitrogens with one attached hydrogen (secondary N) is 2. The molecule has 42 heavy (non-hydrogen) atoms. The second kappa shape index (κ2) is 12.7. The fourth-order valence-corrected chi connectivity index (χ4v) is 6.81. The first-order valence-electron chi connectivity index (χ1n) is 12.6. The molecule has 0 radical (unpaired) electrons. The topological polar surface area (TPSA) is 139 Å². The van der Waals surface area contributed by atoms with E-state index in [0.29, 0.717) is 26.2 Å². The molecule has 0 spiro atoms. The summed E-state index contributed by atoms with van der Waals surface area (Å²) in [5.74, 6) is -4.64. The summed E-state index contributed by atoms with van der Waals surface area (Å²) < 4.78 is 82.3. The molecule has 2 fully saturated rings. The van der Waals surface area contributed by atoms with Crippen molar-refractivity contribution in [2.24, 2.45) is 0 Å². The van der Waals surface area contributed by atoms with Crippen LogP contribution < -0.4 is 15.2 Å². The van der Waals surface area contributed by atoms with E-state index in [2.05, 4.69) is 0 Å². The minimum atomic E-state index is -4.18. The molecular weight excluding hydrogens is 610 g/mol. The van der Waals surface area contributed by atoms with Gasteiger partial charge in [-0.2, -0.15) is 8.78 Å². The SMILES string of the molecule is O=C(NNC(=O)C(F)F)c1ccc(CN(c2ccc(F)c(Cl)c2)S(=O)(=O)C2CCN(C3CN(C(=O)O)C3)CC2)c(F)c1. The average molecular weight is 636 g/mol. The molecule has 0 aromatic heterocycles. The van der Waals surface area contributed by atoms with Crippen molar-refractivity contribution in [2.75, 3.05) is 30.5 Å². The highest BCUT2D eigenvalue weighted by atomic mass is 35.5. The van der Waals surface area contributed by atoms with Crippen molar-refractivity contribution in [1.82, 2.24) is 20.7 Å². The Hall–Kier alpha value is -3.63. The highest BCUT2D eigenvalue weighted by Gasteiger charge is 2.40. The highest BCUT2D eigenvalue weighted by molar-refractivity contribution is 7.93. The molecule has 2 aliphatic heterocycles. The van der Waals surface area contributed by atoms with Crippen LogP contribution in [0.25, 0.3) is 0 Å². The first kappa shape index (κ1) is 31.3. The van der Waals surface area contributed by atoms with Crippen LogP contribution in [0.2, 0.25) is 5.02 Å². The van der Waals surface area contributed by atoms with Crippen molar-refractivity contribution < 1.29 is 45.5 Å². The van der Waals surface area contributed by atoms with E-state index in [1.54, 1.807) is 5.43 Å². The number of hydrazine groups is 1. The summed E-state index contributed by atoms with van der Waals surface area (Å²) in [6.45, 7) is 0.898. The van der Waals surface area contributed by atoms with Gasteiger partial charge in [-0.3, -0.25) is 29.6 Å². The van der Waals surface area contributed by atoms with Gasteiger partial charge in [0.1, 0.15) is 11.6 Å². The molecule has 0 saturated carbocycles. The number of hydrogen-bond acceptors (Lipinski definition) is 6. The maximum absolute atomic E-state index is 15.1. The Morgan fingerprint density at radius 2 is 1.69 bits per heavy atom. The van der Waals surface area contributed by atoms with E-state index >= 15 is 4.39 Å². The van der Waals surface area contributed by atoms with Gasteiger partial charge in [-0.05, 0) is 56.3 Å². The predicted molar refractivity (Wildman–Crippen MR) is 143 cm³/mol. The Balaban J connectivity index is 1.52. The lowest BCUT2D eigenvalue weighted by molar-refractivity contribution is -0.132. The van der Waals surface area contributed by atoms with Crippen molar-refractivity contribution in [2.45, 2.75) is 37.1 Å². The third-order valence-electron chi connectivity index (χ3n) is 7.17. The van der Waals surface area contributed by atoms with Gasteiger partial charge < -0.3 is 10.0 Å². The summed E-state index contributed by atoms with van der Waals surface area (Å²) in [6, 6.07) is 6.25. The smallest absolute Gasteiger partial charge is 0.407 e. The van der Waals surface area contributed by atoms with E-state index in [1.807, 2.05) is 4.90 Å². The maximum Gasteiger partial charge on any atom is 0.407 e. The van der Waals surface area contributed by atoms with Gasteiger partial charge in [0, 0.05) is 30.3 Å². The lowest BCUT2D eigenvalue weighted by Gasteiger charge is -2.46. The molecule has 2 heterocycles. The van der Waals surface area contributed by atoms with Crippen molar-refractivity contribution >= 4 is 45.2 Å². The summed E-state index contributed by atoms with van der Waals surface area (Å²) >= 11 is 5.92. The number of rotatable bonds is 8. The van der Waals surface area contributed by atoms with Crippen LogP contribution in [0, 0.1) is 11.6 Å². The fourth-order valence-electron chi connectivity index (χ4n) is 4.75. The van der Waals surface area contributed by atoms with Crippen molar-refractivity contribution in [3.05, 3.63) is 64.2 Å². The second-order valence-electron chi connectivity index (χ2n) is 9.78. The van der Waals surface area contributed by atoms with Crippen LogP contribution in [0.15, 0.2) is 36.4 Å². The molecule has 2 saturated heterocycles. The van der Waals surface area contributed by atoms with Gasteiger partial charge in [0.2, 0.25) is 10.0 Å². The minimum absolute atomic E-state index is 0.00901. The molecule has 3 amide bonds. The third kappa shape index (κ3) is 6.87. The monoisotopic (exact) mass is 635 g/mol. The van der Waals surface area contributed by atoms with Gasteiger partial charge in [0.05, 0.1) is 22.5 Å². The normalized spacial score (nSPS) is 16.7. The molecule has 228 valence electrons. The number of nitrogens with zero attached hydrogens (tertiary/aromatic N) is 3. The zero-order valence-electron chi connectivity index (χ0n) is 21.8. The molecule has 11 nitrogen and oxygen atoms in total. The summed E-state index contributed by atoms with van der Waals surface area (Å²) in [5.41, 5.74) is 2.69. The van der Waals surface area contributed by atoms with E-state index in [0.717, 1.165) is 34.6 Å². The molecule has 3 N–H and O–H groups in total. The number of piperidine rings is 1. The van der Waals surface area contributed by atoms with E-state index in [9.17, 15) is 36.0 Å². The van der Waals surface area contributed by atoms with Gasteiger partial charge in [0.15, 0.2) is 0 Å². The van der Waals surface area contributed by atoms with Crippen LogP contribution in [0.5, 0.6) is 0 Å². The van der Waals surface area contributed by atoms with Crippen LogP contribution in [0.3, 0.4) is 0 Å². The Morgan fingerprint density at radius 1 is 1.02 bits per heavy atom. The fraction of sp³-hybridized carbons (Fsp3) is 0.400. The minimum Gasteiger partial charge on any atom is -0.465 e. The lowest BCUT2D eigenvalue weighted by Crippen LogP contribution is -2.62.